The van der Waals surface area contributed by atoms with E-state index in [0.717, 1.165) is 5.56 Å². The van der Waals surface area contributed by atoms with Crippen molar-refractivity contribution in [3.8, 4) is 5.75 Å². The summed E-state index contributed by atoms with van der Waals surface area (Å²) < 4.78 is 10.4. The number of benzene rings is 1. The van der Waals surface area contributed by atoms with Gasteiger partial charge in [0.1, 0.15) is 24.8 Å². The molecule has 0 spiro atoms. The van der Waals surface area contributed by atoms with Gasteiger partial charge in [0.25, 0.3) is 0 Å². The molecule has 1 aliphatic heterocycles. The highest BCUT2D eigenvalue weighted by molar-refractivity contribution is 5.88. The first-order valence-corrected chi connectivity index (χ1v) is 6.34. The number of aliphatic carboxylic acids is 1. The van der Waals surface area contributed by atoms with Gasteiger partial charge in [-0.1, -0.05) is 18.2 Å². The van der Waals surface area contributed by atoms with Gasteiger partial charge in [0.05, 0.1) is 6.61 Å². The van der Waals surface area contributed by atoms with Crippen LogP contribution >= 0.6 is 0 Å². The lowest BCUT2D eigenvalue weighted by molar-refractivity contribution is -0.145. The van der Waals surface area contributed by atoms with Crippen molar-refractivity contribution < 1.29 is 24.2 Å². The summed E-state index contributed by atoms with van der Waals surface area (Å²) in [6.45, 7) is 0.469. The number of hydrogen-bond donors (Lipinski definition) is 1. The van der Waals surface area contributed by atoms with E-state index >= 15 is 0 Å². The van der Waals surface area contributed by atoms with Crippen LogP contribution in [0.25, 0.3) is 0 Å². The van der Waals surface area contributed by atoms with E-state index in [1.807, 2.05) is 18.2 Å². The fourth-order valence-electron chi connectivity index (χ4n) is 2.22. The third-order valence-corrected chi connectivity index (χ3v) is 3.20. The normalized spacial score (nSPS) is 16.4. The zero-order valence-corrected chi connectivity index (χ0v) is 11.2. The maximum absolute atomic E-state index is 12.5. The molecule has 0 aromatic heterocycles. The Hall–Kier alpha value is -2.08. The average molecular weight is 279 g/mol. The predicted molar refractivity (Wildman–Crippen MR) is 70.8 cm³/mol. The van der Waals surface area contributed by atoms with E-state index in [1.54, 1.807) is 6.07 Å². The third-order valence-electron chi connectivity index (χ3n) is 3.20. The van der Waals surface area contributed by atoms with Gasteiger partial charge >= 0.3 is 5.97 Å². The molecule has 20 heavy (non-hydrogen) atoms. The smallest absolute Gasteiger partial charge is 0.323 e. The van der Waals surface area contributed by atoms with Crippen molar-refractivity contribution in [3.05, 3.63) is 29.8 Å². The lowest BCUT2D eigenvalue weighted by atomic mass is 10.00. The van der Waals surface area contributed by atoms with E-state index in [4.69, 9.17) is 14.6 Å². The van der Waals surface area contributed by atoms with Gasteiger partial charge in [0.2, 0.25) is 5.91 Å². The number of carboxylic acid groups (broad SMARTS) is 1. The highest BCUT2D eigenvalue weighted by Crippen LogP contribution is 2.34. The number of rotatable bonds is 6. The molecule has 1 aromatic carbocycles. The summed E-state index contributed by atoms with van der Waals surface area (Å²) in [5.41, 5.74) is 0.810. The van der Waals surface area contributed by atoms with Gasteiger partial charge in [-0.3, -0.25) is 9.59 Å². The first kappa shape index (κ1) is 14.3. The van der Waals surface area contributed by atoms with Crippen LogP contribution in [0.15, 0.2) is 24.3 Å². The zero-order chi connectivity index (χ0) is 14.5. The van der Waals surface area contributed by atoms with E-state index in [9.17, 15) is 9.59 Å². The van der Waals surface area contributed by atoms with Crippen LogP contribution in [0.1, 0.15) is 11.5 Å². The maximum atomic E-state index is 12.5. The number of hydrogen-bond acceptors (Lipinski definition) is 4. The summed E-state index contributed by atoms with van der Waals surface area (Å²) >= 11 is 0. The number of nitrogens with zero attached hydrogens (tertiary/aromatic N) is 1. The Bertz CT molecular complexity index is 502. The van der Waals surface area contributed by atoms with E-state index in [-0.39, 0.29) is 25.6 Å². The molecule has 0 bridgehead atoms. The number of carboxylic acids is 1. The van der Waals surface area contributed by atoms with Crippen LogP contribution in [0, 0.1) is 0 Å². The fourth-order valence-corrected chi connectivity index (χ4v) is 2.22. The molecular formula is C14H17NO5. The summed E-state index contributed by atoms with van der Waals surface area (Å²) in [7, 11) is 1.51. The Kier molecular flexibility index (Phi) is 4.57. The molecular weight excluding hydrogens is 262 g/mol. The molecule has 6 heteroatoms. The predicted octanol–water partition coefficient (Wildman–Crippen LogP) is 0.722. The second kappa shape index (κ2) is 6.38. The number of para-hydroxylation sites is 1. The van der Waals surface area contributed by atoms with Crippen molar-refractivity contribution in [1.82, 2.24) is 4.90 Å². The quantitative estimate of drug-likeness (QED) is 0.830. The molecule has 108 valence electrons. The van der Waals surface area contributed by atoms with Crippen molar-refractivity contribution >= 4 is 11.9 Å². The van der Waals surface area contributed by atoms with Crippen molar-refractivity contribution in [2.24, 2.45) is 0 Å². The van der Waals surface area contributed by atoms with Crippen LogP contribution in [-0.2, 0) is 14.3 Å². The Morgan fingerprint density at radius 3 is 2.90 bits per heavy atom. The molecule has 6 nitrogen and oxygen atoms in total. The Balaban J connectivity index is 2.13. The molecule has 1 atom stereocenters. The van der Waals surface area contributed by atoms with Gasteiger partial charge < -0.3 is 19.5 Å². The molecule has 1 N–H and O–H groups in total. The highest BCUT2D eigenvalue weighted by Gasteiger charge is 2.33. The Morgan fingerprint density at radius 1 is 1.45 bits per heavy atom. The minimum Gasteiger partial charge on any atom is -0.492 e. The molecule has 0 fully saturated rings. The second-order valence-corrected chi connectivity index (χ2v) is 4.55. The van der Waals surface area contributed by atoms with Crippen LogP contribution < -0.4 is 4.74 Å². The Morgan fingerprint density at radius 2 is 2.20 bits per heavy atom. The second-order valence-electron chi connectivity index (χ2n) is 4.55. The molecule has 0 saturated carbocycles. The van der Waals surface area contributed by atoms with Crippen LogP contribution in [-0.4, -0.2) is 55.3 Å². The lowest BCUT2D eigenvalue weighted by Crippen LogP contribution is -2.41. The van der Waals surface area contributed by atoms with Crippen LogP contribution in [0.2, 0.25) is 0 Å². The van der Waals surface area contributed by atoms with Gasteiger partial charge in [-0.05, 0) is 6.07 Å². The topological polar surface area (TPSA) is 76.1 Å². The van der Waals surface area contributed by atoms with Crippen molar-refractivity contribution in [2.75, 3.05) is 33.4 Å². The molecule has 0 saturated heterocycles. The van der Waals surface area contributed by atoms with Crippen LogP contribution in [0.4, 0.5) is 0 Å². The number of fused-ring (bicyclic) bond motifs is 1. The minimum atomic E-state index is -1.04. The average Bonchev–Trinajstić information content (AvgIpc) is 2.86. The SMILES string of the molecule is COCCN(CC(=O)O)C(=O)[C@@H]1COc2ccccc21. The monoisotopic (exact) mass is 279 g/mol. The van der Waals surface area contributed by atoms with Crippen LogP contribution in [0.5, 0.6) is 5.75 Å². The van der Waals surface area contributed by atoms with E-state index in [0.29, 0.717) is 12.4 Å². The van der Waals surface area contributed by atoms with E-state index in [1.165, 1.54) is 12.0 Å². The van der Waals surface area contributed by atoms with E-state index in [2.05, 4.69) is 0 Å². The van der Waals surface area contributed by atoms with Gasteiger partial charge in [-0.25, -0.2) is 0 Å². The molecule has 2 rings (SSSR count). The van der Waals surface area contributed by atoms with Crippen molar-refractivity contribution in [2.45, 2.75) is 5.92 Å². The molecule has 1 amide bonds. The maximum Gasteiger partial charge on any atom is 0.323 e. The standard InChI is InChI=1S/C14H17NO5/c1-19-7-6-15(8-13(16)17)14(18)11-9-20-12-5-3-2-4-10(11)12/h2-5,11H,6-9H2,1H3,(H,16,17)/t11-/m1/s1. The van der Waals surface area contributed by atoms with Gasteiger partial charge in [-0.2, -0.15) is 0 Å². The van der Waals surface area contributed by atoms with Gasteiger partial charge in [0, 0.05) is 19.2 Å². The lowest BCUT2D eigenvalue weighted by Gasteiger charge is -2.23. The zero-order valence-electron chi connectivity index (χ0n) is 11.2. The number of methoxy groups -OCH3 is 1. The first-order valence-electron chi connectivity index (χ1n) is 6.34. The molecule has 1 aliphatic rings. The number of carbonyl (C=O) groups excluding carboxylic acids is 1. The number of ether oxygens (including phenoxy) is 2. The Labute approximate surface area is 116 Å². The third kappa shape index (κ3) is 3.08. The highest BCUT2D eigenvalue weighted by atomic mass is 16.5. The van der Waals surface area contributed by atoms with Crippen molar-refractivity contribution in [3.63, 3.8) is 0 Å². The number of carbonyl (C=O) groups is 2. The molecule has 1 heterocycles. The molecule has 0 aliphatic carbocycles. The molecule has 0 unspecified atom stereocenters. The molecule has 0 radical (unpaired) electrons. The van der Waals surface area contributed by atoms with Gasteiger partial charge in [0.15, 0.2) is 0 Å². The largest absolute Gasteiger partial charge is 0.492 e. The summed E-state index contributed by atoms with van der Waals surface area (Å²) in [4.78, 5) is 24.6. The minimum absolute atomic E-state index is 0.241. The van der Waals surface area contributed by atoms with Crippen molar-refractivity contribution in [1.29, 1.82) is 0 Å². The van der Waals surface area contributed by atoms with E-state index < -0.39 is 11.9 Å². The van der Waals surface area contributed by atoms with Gasteiger partial charge in [-0.15, -0.1) is 0 Å². The first-order chi connectivity index (χ1) is 9.63. The summed E-state index contributed by atoms with van der Waals surface area (Å²) in [6, 6.07) is 7.32. The number of amides is 1. The summed E-state index contributed by atoms with van der Waals surface area (Å²) in [6.07, 6.45) is 0. The summed E-state index contributed by atoms with van der Waals surface area (Å²) in [5.74, 6) is -1.04. The van der Waals surface area contributed by atoms with Crippen LogP contribution in [0.3, 0.4) is 0 Å². The molecule has 1 aromatic rings. The fraction of sp³-hybridized carbons (Fsp3) is 0.429. The summed E-state index contributed by atoms with van der Waals surface area (Å²) in [5, 5.41) is 8.90.